The number of halogens is 1. The number of rotatable bonds is 7. The molecule has 0 saturated carbocycles. The third kappa shape index (κ3) is 5.71. The van der Waals surface area contributed by atoms with E-state index >= 15 is 0 Å². The molecular weight excluding hydrogens is 374 g/mol. The molecule has 1 heterocycles. The first-order valence-corrected chi connectivity index (χ1v) is 10.1. The van der Waals surface area contributed by atoms with Crippen molar-refractivity contribution in [2.45, 2.75) is 25.9 Å². The van der Waals surface area contributed by atoms with Crippen molar-refractivity contribution in [2.24, 2.45) is 0 Å². The number of hydrogen-bond donors (Lipinski definition) is 0. The van der Waals surface area contributed by atoms with Gasteiger partial charge >= 0.3 is 0 Å². The lowest BCUT2D eigenvalue weighted by molar-refractivity contribution is -0.246. The topological polar surface area (TPSA) is 49.9 Å². The Bertz CT molecular complexity index is 754. The van der Waals surface area contributed by atoms with Crippen LogP contribution >= 0.6 is 11.6 Å². The molecule has 0 aliphatic carbocycles. The Labute approximate surface area is 172 Å². The number of carbonyl (C=O) groups excluding carboxylic acids is 1. The molecule has 0 aromatic heterocycles. The Balaban J connectivity index is 1.46. The molecule has 1 aliphatic rings. The Morgan fingerprint density at radius 1 is 1.14 bits per heavy atom. The van der Waals surface area contributed by atoms with E-state index in [1.165, 1.54) is 10.5 Å². The van der Waals surface area contributed by atoms with Gasteiger partial charge in [-0.25, -0.2) is 0 Å². The molecule has 0 bridgehead atoms. The molecule has 0 radical (unpaired) electrons. The lowest BCUT2D eigenvalue weighted by Crippen LogP contribution is -2.52. The first-order chi connectivity index (χ1) is 13.5. The Kier molecular flexibility index (Phi) is 7.31. The second kappa shape index (κ2) is 9.92. The van der Waals surface area contributed by atoms with E-state index in [4.69, 9.17) is 11.6 Å². The van der Waals surface area contributed by atoms with Gasteiger partial charge in [-0.3, -0.25) is 4.90 Å². The van der Waals surface area contributed by atoms with Gasteiger partial charge in [-0.2, -0.15) is 0 Å². The number of carbonyl (C=O) groups is 1. The van der Waals surface area contributed by atoms with Crippen LogP contribution in [0.2, 0.25) is 5.02 Å². The highest BCUT2D eigenvalue weighted by Crippen LogP contribution is 2.19. The summed E-state index contributed by atoms with van der Waals surface area (Å²) in [7, 11) is 0. The van der Waals surface area contributed by atoms with Gasteiger partial charge in [0.05, 0.1) is 0 Å². The second-order valence-corrected chi connectivity index (χ2v) is 7.79. The van der Waals surface area contributed by atoms with Crippen molar-refractivity contribution in [1.82, 2.24) is 9.80 Å². The Hall–Kier alpha value is -2.08. The van der Waals surface area contributed by atoms with Gasteiger partial charge in [0.15, 0.2) is 0 Å². The van der Waals surface area contributed by atoms with Crippen LogP contribution in [-0.2, 0) is 6.54 Å². The van der Waals surface area contributed by atoms with E-state index in [0.717, 1.165) is 39.1 Å². The van der Waals surface area contributed by atoms with Crippen LogP contribution < -0.4 is 10.0 Å². The standard InChI is InChI=1S/C22H28ClN3O2/c1-18-16-24(14-15-25(18)17-19-6-3-2-4-7-19)12-5-13-26(22(27)28)21-10-8-20(23)9-11-21/h2-4,6-11,18H,5,12-17H2,1H3,(H,27,28)/p-1. The van der Waals surface area contributed by atoms with Gasteiger partial charge in [-0.15, -0.1) is 0 Å². The van der Waals surface area contributed by atoms with Crippen molar-refractivity contribution in [1.29, 1.82) is 0 Å². The van der Waals surface area contributed by atoms with Crippen molar-refractivity contribution in [3.63, 3.8) is 0 Å². The maximum absolute atomic E-state index is 11.5. The highest BCUT2D eigenvalue weighted by molar-refractivity contribution is 6.30. The molecule has 6 heteroatoms. The molecule has 2 aromatic rings. The molecule has 0 spiro atoms. The molecule has 1 atom stereocenters. The highest BCUT2D eigenvalue weighted by atomic mass is 35.5. The zero-order chi connectivity index (χ0) is 19.9. The first-order valence-electron chi connectivity index (χ1n) is 9.77. The van der Waals surface area contributed by atoms with Crippen molar-refractivity contribution < 1.29 is 9.90 Å². The summed E-state index contributed by atoms with van der Waals surface area (Å²) in [6.07, 6.45) is -0.412. The predicted octanol–water partition coefficient (Wildman–Crippen LogP) is 3.09. The number of carboxylic acid groups (broad SMARTS) is 1. The second-order valence-electron chi connectivity index (χ2n) is 7.35. The van der Waals surface area contributed by atoms with Crippen LogP contribution in [0.25, 0.3) is 0 Å². The Morgan fingerprint density at radius 3 is 2.50 bits per heavy atom. The molecule has 1 saturated heterocycles. The van der Waals surface area contributed by atoms with Gasteiger partial charge in [-0.05, 0) is 49.7 Å². The van der Waals surface area contributed by atoms with Crippen LogP contribution in [0.15, 0.2) is 54.6 Å². The van der Waals surface area contributed by atoms with Gasteiger partial charge in [-0.1, -0.05) is 41.9 Å². The average molecular weight is 401 g/mol. The molecule has 2 aromatic carbocycles. The van der Waals surface area contributed by atoms with Crippen LogP contribution in [0.3, 0.4) is 0 Å². The fourth-order valence-corrected chi connectivity index (χ4v) is 3.85. The molecule has 28 heavy (non-hydrogen) atoms. The van der Waals surface area contributed by atoms with Crippen LogP contribution in [-0.4, -0.2) is 54.7 Å². The number of hydrogen-bond acceptors (Lipinski definition) is 4. The van der Waals surface area contributed by atoms with Crippen LogP contribution in [0.4, 0.5) is 10.5 Å². The summed E-state index contributed by atoms with van der Waals surface area (Å²) in [4.78, 5) is 17.7. The van der Waals surface area contributed by atoms with E-state index in [2.05, 4.69) is 41.0 Å². The summed E-state index contributed by atoms with van der Waals surface area (Å²) in [6.45, 7) is 7.56. The van der Waals surface area contributed by atoms with Gasteiger partial charge in [0, 0.05) is 49.5 Å². The number of anilines is 1. The van der Waals surface area contributed by atoms with Crippen LogP contribution in [0.1, 0.15) is 18.9 Å². The Morgan fingerprint density at radius 2 is 1.86 bits per heavy atom. The molecule has 1 aliphatic heterocycles. The molecule has 3 rings (SSSR count). The van der Waals surface area contributed by atoms with Gasteiger partial charge in [0.2, 0.25) is 0 Å². The summed E-state index contributed by atoms with van der Waals surface area (Å²) in [6, 6.07) is 17.8. The number of piperazine rings is 1. The van der Waals surface area contributed by atoms with Gasteiger partial charge in [0.25, 0.3) is 0 Å². The third-order valence-corrected chi connectivity index (χ3v) is 5.54. The zero-order valence-electron chi connectivity index (χ0n) is 16.3. The van der Waals surface area contributed by atoms with E-state index < -0.39 is 6.09 Å². The molecule has 150 valence electrons. The summed E-state index contributed by atoms with van der Waals surface area (Å²) in [5, 5.41) is 12.1. The summed E-state index contributed by atoms with van der Waals surface area (Å²) < 4.78 is 0. The minimum absolute atomic E-state index is 0.419. The molecule has 5 nitrogen and oxygen atoms in total. The van der Waals surface area contributed by atoms with Crippen LogP contribution in [0.5, 0.6) is 0 Å². The number of benzene rings is 2. The minimum Gasteiger partial charge on any atom is -0.530 e. The number of amides is 1. The maximum Gasteiger partial charge on any atom is 0.141 e. The lowest BCUT2D eigenvalue weighted by Gasteiger charge is -2.40. The summed E-state index contributed by atoms with van der Waals surface area (Å²) >= 11 is 5.89. The highest BCUT2D eigenvalue weighted by Gasteiger charge is 2.23. The van der Waals surface area contributed by atoms with Crippen molar-refractivity contribution >= 4 is 23.4 Å². The fourth-order valence-electron chi connectivity index (χ4n) is 3.73. The average Bonchev–Trinajstić information content (AvgIpc) is 2.69. The smallest absolute Gasteiger partial charge is 0.141 e. The van der Waals surface area contributed by atoms with E-state index in [0.29, 0.717) is 23.3 Å². The SMILES string of the molecule is CC1CN(CCCN(C(=O)[O-])c2ccc(Cl)cc2)CCN1Cc1ccccc1. The quantitative estimate of drug-likeness (QED) is 0.716. The molecule has 1 fully saturated rings. The fraction of sp³-hybridized carbons (Fsp3) is 0.409. The zero-order valence-corrected chi connectivity index (χ0v) is 17.0. The normalized spacial score (nSPS) is 18.1. The minimum atomic E-state index is -1.18. The van der Waals surface area contributed by atoms with Crippen molar-refractivity contribution in [3.8, 4) is 0 Å². The van der Waals surface area contributed by atoms with E-state index in [9.17, 15) is 9.90 Å². The molecule has 1 amide bonds. The molecule has 1 unspecified atom stereocenters. The van der Waals surface area contributed by atoms with Crippen molar-refractivity contribution in [2.75, 3.05) is 37.6 Å². The van der Waals surface area contributed by atoms with E-state index in [1.807, 2.05) is 6.07 Å². The van der Waals surface area contributed by atoms with Gasteiger partial charge in [0.1, 0.15) is 6.09 Å². The largest absolute Gasteiger partial charge is 0.530 e. The van der Waals surface area contributed by atoms with Crippen LogP contribution in [0, 0.1) is 0 Å². The number of nitrogens with zero attached hydrogens (tertiary/aromatic N) is 3. The first kappa shape index (κ1) is 20.6. The van der Waals surface area contributed by atoms with Crippen molar-refractivity contribution in [3.05, 3.63) is 65.2 Å². The summed E-state index contributed by atoms with van der Waals surface area (Å²) in [5.41, 5.74) is 1.95. The third-order valence-electron chi connectivity index (χ3n) is 5.29. The molecular formula is C22H27ClN3O2-. The van der Waals surface area contributed by atoms with Gasteiger partial charge < -0.3 is 19.7 Å². The maximum atomic E-state index is 11.5. The van der Waals surface area contributed by atoms with E-state index in [1.54, 1.807) is 24.3 Å². The predicted molar refractivity (Wildman–Crippen MR) is 112 cm³/mol. The lowest BCUT2D eigenvalue weighted by atomic mass is 10.1. The monoisotopic (exact) mass is 400 g/mol. The summed E-state index contributed by atoms with van der Waals surface area (Å²) in [5.74, 6) is 0. The van der Waals surface area contributed by atoms with E-state index in [-0.39, 0.29) is 0 Å². The molecule has 0 N–H and O–H groups in total.